The van der Waals surface area contributed by atoms with E-state index in [0.717, 1.165) is 26.4 Å². The first-order chi connectivity index (χ1) is 10.7. The smallest absolute Gasteiger partial charge is 0.203 e. The van der Waals surface area contributed by atoms with Gasteiger partial charge in [-0.05, 0) is 18.2 Å². The highest BCUT2D eigenvalue weighted by Crippen LogP contribution is 2.24. The number of rotatable bonds is 4. The van der Waals surface area contributed by atoms with Crippen LogP contribution in [0.25, 0.3) is 11.3 Å². The molecule has 3 rings (SSSR count). The van der Waals surface area contributed by atoms with Gasteiger partial charge in [0.2, 0.25) is 5.13 Å². The van der Waals surface area contributed by atoms with Gasteiger partial charge in [-0.25, -0.2) is 4.98 Å². The molecule has 0 saturated carbocycles. The fourth-order valence-electron chi connectivity index (χ4n) is 1.84. The van der Waals surface area contributed by atoms with Gasteiger partial charge in [-0.1, -0.05) is 57.9 Å². The van der Waals surface area contributed by atoms with Gasteiger partial charge in [0.15, 0.2) is 0 Å². The molecule has 1 N–H and O–H groups in total. The summed E-state index contributed by atoms with van der Waals surface area (Å²) in [6.07, 6.45) is 1.68. The molecule has 1 heterocycles. The zero-order chi connectivity index (χ0) is 15.4. The summed E-state index contributed by atoms with van der Waals surface area (Å²) in [6.45, 7) is 0. The molecule has 3 aromatic rings. The number of nitrogens with one attached hydrogen (secondary N) is 1. The number of benzene rings is 2. The van der Waals surface area contributed by atoms with Crippen LogP contribution in [0.4, 0.5) is 5.13 Å². The zero-order valence-electron chi connectivity index (χ0n) is 11.3. The lowest BCUT2D eigenvalue weighted by Crippen LogP contribution is -1.91. The predicted octanol–water partition coefficient (Wildman–Crippen LogP) is 5.67. The second-order valence-corrected chi connectivity index (χ2v) is 6.62. The molecule has 110 valence electrons. The maximum atomic E-state index is 6.11. The average Bonchev–Trinajstić information content (AvgIpc) is 3.00. The Morgan fingerprint density at radius 2 is 2.00 bits per heavy atom. The predicted molar refractivity (Wildman–Crippen MR) is 97.9 cm³/mol. The molecule has 0 aliphatic carbocycles. The van der Waals surface area contributed by atoms with Crippen molar-refractivity contribution < 1.29 is 0 Å². The molecule has 0 bridgehead atoms. The summed E-state index contributed by atoms with van der Waals surface area (Å²) >= 11 is 11.0. The minimum absolute atomic E-state index is 0.651. The molecule has 0 spiro atoms. The van der Waals surface area contributed by atoms with E-state index in [1.165, 1.54) is 11.3 Å². The Hall–Kier alpha value is -1.69. The third kappa shape index (κ3) is 3.74. The molecule has 0 unspecified atom stereocenters. The van der Waals surface area contributed by atoms with Crippen LogP contribution in [0.5, 0.6) is 0 Å². The molecule has 0 aliphatic heterocycles. The Labute approximate surface area is 145 Å². The minimum Gasteiger partial charge on any atom is -0.253 e. The molecule has 2 aromatic carbocycles. The number of aromatic nitrogens is 1. The van der Waals surface area contributed by atoms with Crippen molar-refractivity contribution >= 4 is 50.2 Å². The fraction of sp³-hybridized carbons (Fsp3) is 0. The molecule has 0 radical (unpaired) electrons. The Kier molecular flexibility index (Phi) is 4.87. The molecule has 0 aliphatic rings. The third-order valence-electron chi connectivity index (χ3n) is 2.90. The summed E-state index contributed by atoms with van der Waals surface area (Å²) in [4.78, 5) is 4.50. The molecule has 0 fully saturated rings. The summed E-state index contributed by atoms with van der Waals surface area (Å²) in [6, 6.07) is 15.7. The SMILES string of the molecule is Clc1ccc(Br)cc1C=NNc1nc(-c2ccccc2)cs1. The van der Waals surface area contributed by atoms with E-state index in [1.54, 1.807) is 6.21 Å². The van der Waals surface area contributed by atoms with Gasteiger partial charge < -0.3 is 0 Å². The lowest BCUT2D eigenvalue weighted by Gasteiger charge is -1.99. The van der Waals surface area contributed by atoms with Gasteiger partial charge in [0.25, 0.3) is 0 Å². The number of halogens is 2. The molecule has 0 amide bonds. The van der Waals surface area contributed by atoms with E-state index < -0.39 is 0 Å². The van der Waals surface area contributed by atoms with Gasteiger partial charge in [0.1, 0.15) is 0 Å². The molecule has 1 aromatic heterocycles. The summed E-state index contributed by atoms with van der Waals surface area (Å²) in [5, 5.41) is 7.58. The Bertz CT molecular complexity index is 802. The highest BCUT2D eigenvalue weighted by atomic mass is 79.9. The summed E-state index contributed by atoms with van der Waals surface area (Å²) in [7, 11) is 0. The van der Waals surface area contributed by atoms with E-state index in [-0.39, 0.29) is 0 Å². The van der Waals surface area contributed by atoms with Crippen LogP contribution >= 0.6 is 38.9 Å². The Morgan fingerprint density at radius 1 is 1.18 bits per heavy atom. The number of hydrogen-bond donors (Lipinski definition) is 1. The van der Waals surface area contributed by atoms with E-state index in [4.69, 9.17) is 11.6 Å². The largest absolute Gasteiger partial charge is 0.253 e. The highest BCUT2D eigenvalue weighted by Gasteiger charge is 2.03. The Morgan fingerprint density at radius 3 is 2.82 bits per heavy atom. The van der Waals surface area contributed by atoms with Crippen LogP contribution in [0.3, 0.4) is 0 Å². The van der Waals surface area contributed by atoms with Crippen LogP contribution < -0.4 is 5.43 Å². The topological polar surface area (TPSA) is 37.3 Å². The van der Waals surface area contributed by atoms with Gasteiger partial charge in [-0.2, -0.15) is 5.10 Å². The van der Waals surface area contributed by atoms with Crippen LogP contribution in [0.15, 0.2) is 63.5 Å². The van der Waals surface area contributed by atoms with E-state index in [1.807, 2.05) is 53.9 Å². The van der Waals surface area contributed by atoms with Crippen LogP contribution in [0.2, 0.25) is 5.02 Å². The second kappa shape index (κ2) is 7.05. The maximum Gasteiger partial charge on any atom is 0.203 e. The number of anilines is 1. The van der Waals surface area contributed by atoms with Crippen LogP contribution in [0.1, 0.15) is 5.56 Å². The normalized spacial score (nSPS) is 11.0. The number of nitrogens with zero attached hydrogens (tertiary/aromatic N) is 2. The van der Waals surface area contributed by atoms with Gasteiger partial charge in [0.05, 0.1) is 11.9 Å². The third-order valence-corrected chi connectivity index (χ3v) is 4.48. The van der Waals surface area contributed by atoms with E-state index in [0.29, 0.717) is 5.02 Å². The summed E-state index contributed by atoms with van der Waals surface area (Å²) < 4.78 is 0.957. The molecular weight excluding hydrogens is 382 g/mol. The standard InChI is InChI=1S/C16H11BrClN3S/c17-13-6-7-14(18)12(8-13)9-19-21-16-20-15(10-22-16)11-4-2-1-3-5-11/h1-10H,(H,20,21). The number of hydrogen-bond acceptors (Lipinski definition) is 4. The van der Waals surface area contributed by atoms with Crippen molar-refractivity contribution in [3.05, 3.63) is 69.0 Å². The lowest BCUT2D eigenvalue weighted by atomic mass is 10.2. The minimum atomic E-state index is 0.651. The van der Waals surface area contributed by atoms with Gasteiger partial charge in [-0.3, -0.25) is 5.43 Å². The van der Waals surface area contributed by atoms with E-state index in [9.17, 15) is 0 Å². The van der Waals surface area contributed by atoms with Crippen molar-refractivity contribution in [2.24, 2.45) is 5.10 Å². The van der Waals surface area contributed by atoms with Gasteiger partial charge >= 0.3 is 0 Å². The molecular formula is C16H11BrClN3S. The van der Waals surface area contributed by atoms with Gasteiger partial charge in [-0.15, -0.1) is 11.3 Å². The van der Waals surface area contributed by atoms with Crippen molar-refractivity contribution in [2.75, 3.05) is 5.43 Å². The molecule has 22 heavy (non-hydrogen) atoms. The number of thiazole rings is 1. The number of hydrazone groups is 1. The summed E-state index contributed by atoms with van der Waals surface area (Å²) in [5.41, 5.74) is 5.79. The average molecular weight is 393 g/mol. The van der Waals surface area contributed by atoms with Crippen LogP contribution in [0, 0.1) is 0 Å². The second-order valence-electron chi connectivity index (χ2n) is 4.44. The Balaban J connectivity index is 1.71. The molecule has 6 heteroatoms. The van der Waals surface area contributed by atoms with Crippen molar-refractivity contribution in [3.8, 4) is 11.3 Å². The molecule has 0 atom stereocenters. The van der Waals surface area contributed by atoms with Crippen molar-refractivity contribution in [1.82, 2.24) is 4.98 Å². The first-order valence-corrected chi connectivity index (χ1v) is 8.52. The first-order valence-electron chi connectivity index (χ1n) is 6.47. The lowest BCUT2D eigenvalue weighted by molar-refractivity contribution is 1.29. The van der Waals surface area contributed by atoms with Crippen LogP contribution in [-0.2, 0) is 0 Å². The van der Waals surface area contributed by atoms with Crippen LogP contribution in [-0.4, -0.2) is 11.2 Å². The van der Waals surface area contributed by atoms with Crippen molar-refractivity contribution in [3.63, 3.8) is 0 Å². The van der Waals surface area contributed by atoms with E-state index >= 15 is 0 Å². The fourth-order valence-corrected chi connectivity index (χ4v) is 3.05. The highest BCUT2D eigenvalue weighted by molar-refractivity contribution is 9.10. The van der Waals surface area contributed by atoms with Crippen molar-refractivity contribution in [2.45, 2.75) is 0 Å². The molecule has 3 nitrogen and oxygen atoms in total. The zero-order valence-corrected chi connectivity index (χ0v) is 14.5. The monoisotopic (exact) mass is 391 g/mol. The molecule has 0 saturated heterocycles. The summed E-state index contributed by atoms with van der Waals surface area (Å²) in [5.74, 6) is 0. The first kappa shape index (κ1) is 15.2. The van der Waals surface area contributed by atoms with Gasteiger partial charge in [0, 0.05) is 26.0 Å². The van der Waals surface area contributed by atoms with Crippen molar-refractivity contribution in [1.29, 1.82) is 0 Å². The van der Waals surface area contributed by atoms with E-state index in [2.05, 4.69) is 31.4 Å². The maximum absolute atomic E-state index is 6.11. The quantitative estimate of drug-likeness (QED) is 0.458.